The highest BCUT2D eigenvalue weighted by Gasteiger charge is 2.27. The Kier molecular flexibility index (Phi) is 3.17. The van der Waals surface area contributed by atoms with Gasteiger partial charge in [-0.05, 0) is 17.5 Å². The number of halogens is 1. The Bertz CT molecular complexity index is 545. The Morgan fingerprint density at radius 3 is 2.67 bits per heavy atom. The molecular weight excluding hydrogens is 233 g/mol. The minimum absolute atomic E-state index is 0.175. The van der Waals surface area contributed by atoms with E-state index in [9.17, 15) is 4.39 Å². The van der Waals surface area contributed by atoms with E-state index in [4.69, 9.17) is 10.3 Å². The molecule has 0 saturated heterocycles. The summed E-state index contributed by atoms with van der Waals surface area (Å²) in [6.07, 6.45) is 0. The molecule has 2 rings (SSSR count). The van der Waals surface area contributed by atoms with Crippen LogP contribution in [0, 0.1) is 11.2 Å². The Morgan fingerprint density at radius 1 is 1.33 bits per heavy atom. The summed E-state index contributed by atoms with van der Waals surface area (Å²) in [5.41, 5.74) is 6.42. The number of hydrogen-bond acceptors (Lipinski definition) is 4. The van der Waals surface area contributed by atoms with Crippen LogP contribution in [-0.2, 0) is 0 Å². The predicted molar refractivity (Wildman–Crippen MR) is 66.1 cm³/mol. The lowest BCUT2D eigenvalue weighted by Crippen LogP contribution is -2.26. The van der Waals surface area contributed by atoms with Crippen molar-refractivity contribution >= 4 is 0 Å². The van der Waals surface area contributed by atoms with Crippen molar-refractivity contribution in [1.29, 1.82) is 0 Å². The standard InChI is InChI=1S/C13H16FN3O/c1-13(2,3)10(15)12-16-11(17-18-12)8-5-4-6-9(14)7-8/h4-7,10H,15H2,1-3H3/t10-/m0/s1. The van der Waals surface area contributed by atoms with Gasteiger partial charge in [0.25, 0.3) is 0 Å². The molecule has 0 amide bonds. The van der Waals surface area contributed by atoms with Crippen LogP contribution in [-0.4, -0.2) is 10.1 Å². The number of rotatable bonds is 2. The van der Waals surface area contributed by atoms with Crippen molar-refractivity contribution in [2.45, 2.75) is 26.8 Å². The predicted octanol–water partition coefficient (Wildman–Crippen LogP) is 2.92. The summed E-state index contributed by atoms with van der Waals surface area (Å²) in [4.78, 5) is 4.22. The van der Waals surface area contributed by atoms with Gasteiger partial charge in [-0.3, -0.25) is 0 Å². The smallest absolute Gasteiger partial charge is 0.244 e. The van der Waals surface area contributed by atoms with Crippen molar-refractivity contribution < 1.29 is 8.91 Å². The lowest BCUT2D eigenvalue weighted by atomic mass is 9.87. The molecule has 2 N–H and O–H groups in total. The van der Waals surface area contributed by atoms with Gasteiger partial charge < -0.3 is 10.3 Å². The first kappa shape index (κ1) is 12.7. The van der Waals surface area contributed by atoms with E-state index in [1.54, 1.807) is 12.1 Å². The average molecular weight is 249 g/mol. The van der Waals surface area contributed by atoms with E-state index in [0.29, 0.717) is 17.3 Å². The van der Waals surface area contributed by atoms with Gasteiger partial charge in [0, 0.05) is 5.56 Å². The molecule has 0 aliphatic heterocycles. The summed E-state index contributed by atoms with van der Waals surface area (Å²) in [6.45, 7) is 5.97. The first-order valence-corrected chi connectivity index (χ1v) is 5.73. The van der Waals surface area contributed by atoms with Crippen LogP contribution in [0.25, 0.3) is 11.4 Å². The maximum Gasteiger partial charge on any atom is 0.244 e. The van der Waals surface area contributed by atoms with Crippen LogP contribution in [0.1, 0.15) is 32.7 Å². The molecule has 0 aliphatic rings. The second kappa shape index (κ2) is 4.49. The Hall–Kier alpha value is -1.75. The summed E-state index contributed by atoms with van der Waals surface area (Å²) in [5, 5.41) is 3.83. The van der Waals surface area contributed by atoms with Crippen molar-refractivity contribution in [3.8, 4) is 11.4 Å². The fourth-order valence-electron chi connectivity index (χ4n) is 1.48. The zero-order valence-corrected chi connectivity index (χ0v) is 10.6. The fraction of sp³-hybridized carbons (Fsp3) is 0.385. The van der Waals surface area contributed by atoms with Crippen molar-refractivity contribution in [1.82, 2.24) is 10.1 Å². The number of hydrogen-bond donors (Lipinski definition) is 1. The Labute approximate surface area is 105 Å². The van der Waals surface area contributed by atoms with Gasteiger partial charge in [0.15, 0.2) is 0 Å². The molecule has 1 atom stereocenters. The molecule has 0 unspecified atom stereocenters. The van der Waals surface area contributed by atoms with Gasteiger partial charge in [-0.25, -0.2) is 4.39 Å². The Morgan fingerprint density at radius 2 is 2.06 bits per heavy atom. The van der Waals surface area contributed by atoms with E-state index < -0.39 is 0 Å². The molecule has 0 radical (unpaired) electrons. The van der Waals surface area contributed by atoms with E-state index >= 15 is 0 Å². The highest BCUT2D eigenvalue weighted by Crippen LogP contribution is 2.30. The van der Waals surface area contributed by atoms with Crippen LogP contribution >= 0.6 is 0 Å². The first-order valence-electron chi connectivity index (χ1n) is 5.73. The van der Waals surface area contributed by atoms with Crippen molar-refractivity contribution in [2.24, 2.45) is 11.1 Å². The van der Waals surface area contributed by atoms with Crippen molar-refractivity contribution in [3.63, 3.8) is 0 Å². The molecular formula is C13H16FN3O. The van der Waals surface area contributed by atoms with E-state index in [-0.39, 0.29) is 17.3 Å². The molecule has 1 aromatic heterocycles. The lowest BCUT2D eigenvalue weighted by molar-refractivity contribution is 0.253. The summed E-state index contributed by atoms with van der Waals surface area (Å²) in [5.74, 6) is 0.380. The summed E-state index contributed by atoms with van der Waals surface area (Å²) in [7, 11) is 0. The van der Waals surface area contributed by atoms with Gasteiger partial charge in [0.2, 0.25) is 11.7 Å². The third-order valence-corrected chi connectivity index (χ3v) is 2.72. The molecule has 2 aromatic rings. The zero-order chi connectivity index (χ0) is 13.3. The van der Waals surface area contributed by atoms with E-state index in [0.717, 1.165) is 0 Å². The summed E-state index contributed by atoms with van der Waals surface area (Å²) in [6, 6.07) is 5.69. The van der Waals surface area contributed by atoms with Gasteiger partial charge in [-0.15, -0.1) is 0 Å². The van der Waals surface area contributed by atoms with Gasteiger partial charge in [-0.1, -0.05) is 38.1 Å². The van der Waals surface area contributed by atoms with Gasteiger partial charge in [0.1, 0.15) is 5.82 Å². The number of benzene rings is 1. The number of nitrogens with two attached hydrogens (primary N) is 1. The van der Waals surface area contributed by atoms with Crippen LogP contribution in [0.2, 0.25) is 0 Å². The molecule has 0 bridgehead atoms. The molecule has 0 spiro atoms. The molecule has 18 heavy (non-hydrogen) atoms. The Balaban J connectivity index is 2.31. The quantitative estimate of drug-likeness (QED) is 0.888. The molecule has 5 heteroatoms. The second-order valence-electron chi connectivity index (χ2n) is 5.31. The normalized spacial score (nSPS) is 13.6. The molecule has 0 fully saturated rings. The van der Waals surface area contributed by atoms with Gasteiger partial charge in [-0.2, -0.15) is 4.98 Å². The topological polar surface area (TPSA) is 64.9 Å². The van der Waals surface area contributed by atoms with E-state index in [1.807, 2.05) is 20.8 Å². The summed E-state index contributed by atoms with van der Waals surface area (Å²) < 4.78 is 18.2. The fourth-order valence-corrected chi connectivity index (χ4v) is 1.48. The SMILES string of the molecule is CC(C)(C)[C@@H](N)c1nc(-c2cccc(F)c2)no1. The largest absolute Gasteiger partial charge is 0.337 e. The highest BCUT2D eigenvalue weighted by molar-refractivity contribution is 5.53. The minimum Gasteiger partial charge on any atom is -0.337 e. The van der Waals surface area contributed by atoms with Crippen LogP contribution in [0.4, 0.5) is 4.39 Å². The minimum atomic E-state index is -0.354. The zero-order valence-electron chi connectivity index (χ0n) is 10.6. The third-order valence-electron chi connectivity index (χ3n) is 2.72. The molecule has 96 valence electrons. The molecule has 0 aliphatic carbocycles. The second-order valence-corrected chi connectivity index (χ2v) is 5.31. The lowest BCUT2D eigenvalue weighted by Gasteiger charge is -2.23. The maximum atomic E-state index is 13.1. The maximum absolute atomic E-state index is 13.1. The summed E-state index contributed by atoms with van der Waals surface area (Å²) >= 11 is 0. The van der Waals surface area contributed by atoms with Crippen LogP contribution in [0.3, 0.4) is 0 Å². The van der Waals surface area contributed by atoms with Gasteiger partial charge in [0.05, 0.1) is 6.04 Å². The molecule has 1 aromatic carbocycles. The van der Waals surface area contributed by atoms with Crippen molar-refractivity contribution in [2.75, 3.05) is 0 Å². The molecule has 4 nitrogen and oxygen atoms in total. The monoisotopic (exact) mass is 249 g/mol. The van der Waals surface area contributed by atoms with E-state index in [1.165, 1.54) is 12.1 Å². The first-order chi connectivity index (χ1) is 8.38. The van der Waals surface area contributed by atoms with Crippen LogP contribution < -0.4 is 5.73 Å². The average Bonchev–Trinajstić information content (AvgIpc) is 2.75. The van der Waals surface area contributed by atoms with Crippen LogP contribution in [0.15, 0.2) is 28.8 Å². The van der Waals surface area contributed by atoms with E-state index in [2.05, 4.69) is 10.1 Å². The highest BCUT2D eigenvalue weighted by atomic mass is 19.1. The number of nitrogens with zero attached hydrogens (tertiary/aromatic N) is 2. The molecule has 0 saturated carbocycles. The third kappa shape index (κ3) is 2.56. The van der Waals surface area contributed by atoms with Crippen molar-refractivity contribution in [3.05, 3.63) is 36.0 Å². The van der Waals surface area contributed by atoms with Crippen LogP contribution in [0.5, 0.6) is 0 Å². The molecule has 1 heterocycles. The van der Waals surface area contributed by atoms with Gasteiger partial charge >= 0.3 is 0 Å². The number of aromatic nitrogens is 2.